The fourth-order valence-electron chi connectivity index (χ4n) is 2.74. The molecule has 0 unspecified atom stereocenters. The third kappa shape index (κ3) is 5.20. The predicted octanol–water partition coefficient (Wildman–Crippen LogP) is 4.18. The van der Waals surface area contributed by atoms with Gasteiger partial charge < -0.3 is 5.32 Å². The van der Waals surface area contributed by atoms with E-state index in [1.54, 1.807) is 11.8 Å². The molecule has 1 aromatic rings. The summed E-state index contributed by atoms with van der Waals surface area (Å²) >= 11 is 1.65. The van der Waals surface area contributed by atoms with Crippen molar-refractivity contribution < 1.29 is 4.79 Å². The molecule has 0 radical (unpaired) electrons. The summed E-state index contributed by atoms with van der Waals surface area (Å²) in [5, 5.41) is 3.17. The van der Waals surface area contributed by atoms with Gasteiger partial charge in [-0.25, -0.2) is 0 Å². The Kier molecular flexibility index (Phi) is 6.44. The van der Waals surface area contributed by atoms with Crippen LogP contribution in [0.1, 0.15) is 51.0 Å². The van der Waals surface area contributed by atoms with Gasteiger partial charge in [-0.2, -0.15) is 0 Å². The highest BCUT2D eigenvalue weighted by molar-refractivity contribution is 8.00. The lowest BCUT2D eigenvalue weighted by Crippen LogP contribution is -2.37. The van der Waals surface area contributed by atoms with Crippen molar-refractivity contribution in [1.82, 2.24) is 5.32 Å². The number of carbonyl (C=O) groups is 1. The minimum atomic E-state index is 0.183. The van der Waals surface area contributed by atoms with Gasteiger partial charge in [-0.05, 0) is 37.0 Å². The molecule has 1 N–H and O–H groups in total. The smallest absolute Gasteiger partial charge is 0.230 e. The van der Waals surface area contributed by atoms with Crippen molar-refractivity contribution in [1.29, 1.82) is 0 Å². The van der Waals surface area contributed by atoms with E-state index >= 15 is 0 Å². The first kappa shape index (κ1) is 15.4. The second kappa shape index (κ2) is 8.35. The zero-order valence-corrected chi connectivity index (χ0v) is 13.2. The van der Waals surface area contributed by atoms with Gasteiger partial charge in [0, 0.05) is 10.9 Å². The van der Waals surface area contributed by atoms with E-state index in [1.165, 1.54) is 29.7 Å². The van der Waals surface area contributed by atoms with Crippen molar-refractivity contribution in [2.75, 3.05) is 5.75 Å². The molecule has 20 heavy (non-hydrogen) atoms. The molecular formula is C17H25NOS. The maximum Gasteiger partial charge on any atom is 0.230 e. The fraction of sp³-hybridized carbons (Fsp3) is 0.588. The Hall–Kier alpha value is -0.960. The lowest BCUT2D eigenvalue weighted by Gasteiger charge is -2.22. The van der Waals surface area contributed by atoms with Crippen LogP contribution in [0.25, 0.3) is 0 Å². The molecule has 3 heteroatoms. The zero-order chi connectivity index (χ0) is 14.2. The molecule has 2 rings (SSSR count). The fourth-order valence-corrected chi connectivity index (χ4v) is 3.54. The van der Waals surface area contributed by atoms with Crippen LogP contribution in [0.5, 0.6) is 0 Å². The number of carbonyl (C=O) groups excluding carboxylic acids is 1. The summed E-state index contributed by atoms with van der Waals surface area (Å²) in [6.07, 6.45) is 8.43. The van der Waals surface area contributed by atoms with E-state index in [9.17, 15) is 4.79 Å². The summed E-state index contributed by atoms with van der Waals surface area (Å²) in [5.74, 6) is 0.717. The highest BCUT2D eigenvalue weighted by Crippen LogP contribution is 2.21. The third-order valence-corrected chi connectivity index (χ3v) is 4.77. The third-order valence-electron chi connectivity index (χ3n) is 3.78. The molecule has 2 nitrogen and oxygen atoms in total. The molecule has 0 spiro atoms. The summed E-state index contributed by atoms with van der Waals surface area (Å²) in [4.78, 5) is 13.2. The minimum absolute atomic E-state index is 0.183. The van der Waals surface area contributed by atoms with Gasteiger partial charge in [-0.15, -0.1) is 11.8 Å². The summed E-state index contributed by atoms with van der Waals surface area (Å²) in [6.45, 7) is 2.19. The lowest BCUT2D eigenvalue weighted by molar-refractivity contribution is -0.119. The Labute approximate surface area is 126 Å². The van der Waals surface area contributed by atoms with E-state index < -0.39 is 0 Å². The number of hydrogen-bond acceptors (Lipinski definition) is 2. The monoisotopic (exact) mass is 291 g/mol. The SMILES string of the molecule is CCCc1cccc(SCC(=O)NC2CCCCC2)c1. The molecular weight excluding hydrogens is 266 g/mol. The quantitative estimate of drug-likeness (QED) is 0.797. The van der Waals surface area contributed by atoms with Crippen molar-refractivity contribution in [3.8, 4) is 0 Å². The van der Waals surface area contributed by atoms with Crippen LogP contribution in [0.4, 0.5) is 0 Å². The molecule has 1 fully saturated rings. The number of rotatable bonds is 6. The Morgan fingerprint density at radius 2 is 2.10 bits per heavy atom. The summed E-state index contributed by atoms with van der Waals surface area (Å²) in [6, 6.07) is 8.98. The van der Waals surface area contributed by atoms with Gasteiger partial charge in [-0.1, -0.05) is 44.7 Å². The van der Waals surface area contributed by atoms with Crippen LogP contribution in [0.3, 0.4) is 0 Å². The van der Waals surface area contributed by atoms with E-state index in [4.69, 9.17) is 0 Å². The van der Waals surface area contributed by atoms with Gasteiger partial charge in [0.05, 0.1) is 5.75 Å². The van der Waals surface area contributed by atoms with Gasteiger partial charge >= 0.3 is 0 Å². The van der Waals surface area contributed by atoms with Gasteiger partial charge in [-0.3, -0.25) is 4.79 Å². The van der Waals surface area contributed by atoms with E-state index in [2.05, 4.69) is 36.5 Å². The zero-order valence-electron chi connectivity index (χ0n) is 12.4. The maximum atomic E-state index is 12.0. The predicted molar refractivity (Wildman–Crippen MR) is 86.2 cm³/mol. The van der Waals surface area contributed by atoms with Crippen molar-refractivity contribution in [3.05, 3.63) is 29.8 Å². The highest BCUT2D eigenvalue weighted by Gasteiger charge is 2.15. The van der Waals surface area contributed by atoms with Crippen molar-refractivity contribution in [2.24, 2.45) is 0 Å². The molecule has 0 aromatic heterocycles. The molecule has 1 saturated carbocycles. The number of aryl methyl sites for hydroxylation is 1. The number of benzene rings is 1. The topological polar surface area (TPSA) is 29.1 Å². The molecule has 1 aliphatic rings. The van der Waals surface area contributed by atoms with Crippen LogP contribution >= 0.6 is 11.8 Å². The minimum Gasteiger partial charge on any atom is -0.353 e. The largest absolute Gasteiger partial charge is 0.353 e. The average Bonchev–Trinajstić information content (AvgIpc) is 2.47. The molecule has 0 bridgehead atoms. The Morgan fingerprint density at radius 1 is 1.30 bits per heavy atom. The number of nitrogens with one attached hydrogen (secondary N) is 1. The number of hydrogen-bond donors (Lipinski definition) is 1. The van der Waals surface area contributed by atoms with Gasteiger partial charge in [0.25, 0.3) is 0 Å². The molecule has 0 aliphatic heterocycles. The molecule has 1 aromatic carbocycles. The Morgan fingerprint density at radius 3 is 2.85 bits per heavy atom. The van der Waals surface area contributed by atoms with Crippen molar-refractivity contribution in [2.45, 2.75) is 62.8 Å². The standard InChI is InChI=1S/C17H25NOS/c1-2-7-14-8-6-11-16(12-14)20-13-17(19)18-15-9-4-3-5-10-15/h6,8,11-12,15H,2-5,7,9-10,13H2,1H3,(H,18,19). The summed E-state index contributed by atoms with van der Waals surface area (Å²) in [7, 11) is 0. The van der Waals surface area contributed by atoms with E-state index in [0.717, 1.165) is 25.7 Å². The molecule has 1 aliphatic carbocycles. The van der Waals surface area contributed by atoms with Crippen molar-refractivity contribution >= 4 is 17.7 Å². The first-order chi connectivity index (χ1) is 9.78. The Balaban J connectivity index is 1.76. The lowest BCUT2D eigenvalue weighted by atomic mass is 9.95. The molecule has 0 atom stereocenters. The molecule has 0 saturated heterocycles. The van der Waals surface area contributed by atoms with E-state index in [0.29, 0.717) is 11.8 Å². The van der Waals surface area contributed by atoms with Crippen LogP contribution in [-0.4, -0.2) is 17.7 Å². The molecule has 1 amide bonds. The summed E-state index contributed by atoms with van der Waals surface area (Å²) in [5.41, 5.74) is 1.37. The van der Waals surface area contributed by atoms with Crippen LogP contribution in [-0.2, 0) is 11.2 Å². The second-order valence-electron chi connectivity index (χ2n) is 5.59. The normalized spacial score (nSPS) is 16.1. The van der Waals surface area contributed by atoms with Crippen LogP contribution in [0.2, 0.25) is 0 Å². The molecule has 0 heterocycles. The van der Waals surface area contributed by atoms with Gasteiger partial charge in [0.1, 0.15) is 0 Å². The maximum absolute atomic E-state index is 12.0. The van der Waals surface area contributed by atoms with Gasteiger partial charge in [0.2, 0.25) is 5.91 Å². The van der Waals surface area contributed by atoms with Crippen LogP contribution < -0.4 is 5.32 Å². The Bertz CT molecular complexity index is 427. The van der Waals surface area contributed by atoms with Gasteiger partial charge in [0.15, 0.2) is 0 Å². The van der Waals surface area contributed by atoms with Crippen LogP contribution in [0.15, 0.2) is 29.2 Å². The van der Waals surface area contributed by atoms with E-state index in [1.807, 2.05) is 0 Å². The second-order valence-corrected chi connectivity index (χ2v) is 6.64. The number of thioether (sulfide) groups is 1. The van der Waals surface area contributed by atoms with Crippen LogP contribution in [0, 0.1) is 0 Å². The van der Waals surface area contributed by atoms with E-state index in [-0.39, 0.29) is 5.91 Å². The number of amides is 1. The first-order valence-corrected chi connectivity index (χ1v) is 8.77. The first-order valence-electron chi connectivity index (χ1n) is 7.79. The average molecular weight is 291 g/mol. The van der Waals surface area contributed by atoms with Crippen molar-refractivity contribution in [3.63, 3.8) is 0 Å². The molecule has 110 valence electrons. The summed E-state index contributed by atoms with van der Waals surface area (Å²) < 4.78 is 0. The highest BCUT2D eigenvalue weighted by atomic mass is 32.2.